The van der Waals surface area contributed by atoms with E-state index in [2.05, 4.69) is 10.6 Å². The predicted molar refractivity (Wildman–Crippen MR) is 145 cm³/mol. The lowest BCUT2D eigenvalue weighted by Crippen LogP contribution is -2.54. The minimum atomic E-state index is -1.02. The fourth-order valence-corrected chi connectivity index (χ4v) is 4.40. The molecule has 0 aromatic heterocycles. The summed E-state index contributed by atoms with van der Waals surface area (Å²) in [6, 6.07) is 5.64. The molecule has 8 nitrogen and oxygen atoms in total. The molecule has 200 valence electrons. The van der Waals surface area contributed by atoms with E-state index >= 15 is 0 Å². The van der Waals surface area contributed by atoms with Crippen molar-refractivity contribution >= 4 is 29.7 Å². The topological polar surface area (TPSA) is 112 Å². The van der Waals surface area contributed by atoms with Gasteiger partial charge in [0.25, 0.3) is 0 Å². The van der Waals surface area contributed by atoms with Crippen LogP contribution < -0.4 is 10.6 Å². The van der Waals surface area contributed by atoms with Crippen LogP contribution in [0.3, 0.4) is 0 Å². The first-order valence-corrected chi connectivity index (χ1v) is 13.8. The molecule has 0 spiro atoms. The molecule has 3 amide bonds. The number of benzene rings is 1. The molecule has 36 heavy (non-hydrogen) atoms. The maximum Gasteiger partial charge on any atom is 0.408 e. The first kappa shape index (κ1) is 31.3. The van der Waals surface area contributed by atoms with Crippen LogP contribution in [-0.4, -0.2) is 59.0 Å². The molecule has 3 unspecified atom stereocenters. The van der Waals surface area contributed by atoms with E-state index in [0.29, 0.717) is 17.7 Å². The molecule has 3 atom stereocenters. The Kier molecular flexibility index (Phi) is 12.8. The van der Waals surface area contributed by atoms with Gasteiger partial charge in [-0.05, 0) is 77.5 Å². The molecule has 0 heterocycles. The highest BCUT2D eigenvalue weighted by Crippen LogP contribution is 2.27. The van der Waals surface area contributed by atoms with Crippen LogP contribution in [-0.2, 0) is 14.3 Å². The second-order valence-electron chi connectivity index (χ2n) is 10.1. The van der Waals surface area contributed by atoms with Crippen molar-refractivity contribution in [1.29, 1.82) is 5.26 Å². The van der Waals surface area contributed by atoms with Gasteiger partial charge in [-0.2, -0.15) is 17.0 Å². The molecule has 0 aliphatic rings. The maximum absolute atomic E-state index is 13.9. The van der Waals surface area contributed by atoms with E-state index in [-0.39, 0.29) is 18.5 Å². The summed E-state index contributed by atoms with van der Waals surface area (Å²) in [5.41, 5.74) is 1.78. The number of ether oxygens (including phenoxy) is 1. The Labute approximate surface area is 220 Å². The van der Waals surface area contributed by atoms with Crippen LogP contribution in [0.15, 0.2) is 18.2 Å². The van der Waals surface area contributed by atoms with Crippen molar-refractivity contribution in [3.05, 3.63) is 34.9 Å². The van der Waals surface area contributed by atoms with Gasteiger partial charge < -0.3 is 20.3 Å². The van der Waals surface area contributed by atoms with Gasteiger partial charge in [-0.15, -0.1) is 0 Å². The van der Waals surface area contributed by atoms with Crippen molar-refractivity contribution in [2.45, 2.75) is 91.5 Å². The Balaban J connectivity index is 3.48. The van der Waals surface area contributed by atoms with Crippen LogP contribution in [0, 0.1) is 25.2 Å². The van der Waals surface area contributed by atoms with Gasteiger partial charge in [0.05, 0.1) is 6.07 Å². The zero-order valence-corrected chi connectivity index (χ0v) is 23.8. The third kappa shape index (κ3) is 10.1. The summed E-state index contributed by atoms with van der Waals surface area (Å²) in [4.78, 5) is 41.3. The number of thioether (sulfide) groups is 1. The summed E-state index contributed by atoms with van der Waals surface area (Å²) in [5.74, 6) is -0.257. The highest BCUT2D eigenvalue weighted by molar-refractivity contribution is 7.98. The van der Waals surface area contributed by atoms with E-state index in [0.717, 1.165) is 24.0 Å². The van der Waals surface area contributed by atoms with Crippen LogP contribution >= 0.6 is 11.8 Å². The number of hydrogen-bond acceptors (Lipinski definition) is 6. The zero-order chi connectivity index (χ0) is 27.5. The van der Waals surface area contributed by atoms with Crippen molar-refractivity contribution in [2.24, 2.45) is 0 Å². The van der Waals surface area contributed by atoms with E-state index in [1.165, 1.54) is 16.7 Å². The Morgan fingerprint density at radius 2 is 1.83 bits per heavy atom. The third-order valence-corrected chi connectivity index (χ3v) is 6.16. The molecule has 9 heteroatoms. The SMILES string of the molecule is CCCC(C)NC(=O)C(c1ccc(C)cc1C)N(CC#N)C(=O)C(CCSC)NC(=O)OC(C)(C)C. The summed E-state index contributed by atoms with van der Waals surface area (Å²) in [6.07, 6.45) is 3.20. The molecule has 0 fully saturated rings. The summed E-state index contributed by atoms with van der Waals surface area (Å²) >= 11 is 1.53. The van der Waals surface area contributed by atoms with Crippen molar-refractivity contribution in [3.63, 3.8) is 0 Å². The van der Waals surface area contributed by atoms with E-state index in [9.17, 15) is 19.6 Å². The van der Waals surface area contributed by atoms with Gasteiger partial charge in [-0.3, -0.25) is 9.59 Å². The molecule has 0 saturated carbocycles. The van der Waals surface area contributed by atoms with E-state index in [1.54, 1.807) is 20.8 Å². The summed E-state index contributed by atoms with van der Waals surface area (Å²) in [5, 5.41) is 15.3. The second kappa shape index (κ2) is 14.7. The fraction of sp³-hybridized carbons (Fsp3) is 0.630. The molecule has 1 rings (SSSR count). The Morgan fingerprint density at radius 1 is 1.17 bits per heavy atom. The normalized spacial score (nSPS) is 13.6. The Hall–Kier alpha value is -2.73. The van der Waals surface area contributed by atoms with Gasteiger partial charge in [0.1, 0.15) is 24.2 Å². The average Bonchev–Trinajstić information content (AvgIpc) is 2.76. The molecular weight excluding hydrogens is 476 g/mol. The number of hydrogen-bond donors (Lipinski definition) is 2. The van der Waals surface area contributed by atoms with Crippen LogP contribution in [0.1, 0.15) is 76.6 Å². The van der Waals surface area contributed by atoms with Crippen LogP contribution in [0.25, 0.3) is 0 Å². The number of carbonyl (C=O) groups is 3. The van der Waals surface area contributed by atoms with Gasteiger partial charge in [0, 0.05) is 6.04 Å². The van der Waals surface area contributed by atoms with Crippen LogP contribution in [0.5, 0.6) is 0 Å². The van der Waals surface area contributed by atoms with Gasteiger partial charge in [-0.1, -0.05) is 37.1 Å². The van der Waals surface area contributed by atoms with Crippen LogP contribution in [0.4, 0.5) is 4.79 Å². The summed E-state index contributed by atoms with van der Waals surface area (Å²) in [6.45, 7) is 12.7. The molecule has 1 aromatic carbocycles. The Bertz CT molecular complexity index is 939. The van der Waals surface area contributed by atoms with E-state index in [4.69, 9.17) is 4.74 Å². The lowest BCUT2D eigenvalue weighted by Gasteiger charge is -2.34. The zero-order valence-electron chi connectivity index (χ0n) is 22.9. The molecule has 0 aliphatic heterocycles. The molecular formula is C27H42N4O4S. The number of alkyl carbamates (subject to hydrolysis) is 1. The van der Waals surface area contributed by atoms with Crippen LogP contribution in [0.2, 0.25) is 0 Å². The monoisotopic (exact) mass is 518 g/mol. The lowest BCUT2D eigenvalue weighted by molar-refractivity contribution is -0.142. The number of rotatable bonds is 12. The molecule has 0 aliphatic carbocycles. The first-order chi connectivity index (χ1) is 16.8. The number of nitriles is 1. The largest absolute Gasteiger partial charge is 0.444 e. The molecule has 1 aromatic rings. The number of amides is 3. The Morgan fingerprint density at radius 3 is 2.36 bits per heavy atom. The minimum Gasteiger partial charge on any atom is -0.444 e. The number of nitrogens with zero attached hydrogens (tertiary/aromatic N) is 2. The van der Waals surface area contributed by atoms with Crippen molar-refractivity contribution < 1.29 is 19.1 Å². The highest BCUT2D eigenvalue weighted by Gasteiger charge is 2.37. The van der Waals surface area contributed by atoms with E-state index in [1.807, 2.05) is 58.2 Å². The molecule has 0 radical (unpaired) electrons. The van der Waals surface area contributed by atoms with E-state index < -0.39 is 29.7 Å². The predicted octanol–water partition coefficient (Wildman–Crippen LogP) is 4.65. The molecule has 0 bridgehead atoms. The number of carbonyl (C=O) groups excluding carboxylic acids is 3. The standard InChI is InChI=1S/C27H42N4O4S/c1-9-10-20(4)29-24(32)23(21-12-11-18(2)17-19(21)3)31(15-14-28)25(33)22(13-16-36-8)30-26(34)35-27(5,6)7/h11-12,17,20,22-23H,9-10,13,15-16H2,1-8H3,(H,29,32)(H,30,34). The summed E-state index contributed by atoms with van der Waals surface area (Å²) in [7, 11) is 0. The van der Waals surface area contributed by atoms with Crippen molar-refractivity contribution in [1.82, 2.24) is 15.5 Å². The fourth-order valence-electron chi connectivity index (χ4n) is 3.93. The maximum atomic E-state index is 13.9. The average molecular weight is 519 g/mol. The number of aryl methyl sites for hydroxylation is 2. The second-order valence-corrected chi connectivity index (χ2v) is 11.1. The molecule has 2 N–H and O–H groups in total. The quantitative estimate of drug-likeness (QED) is 0.390. The summed E-state index contributed by atoms with van der Waals surface area (Å²) < 4.78 is 5.37. The number of nitrogens with one attached hydrogen (secondary N) is 2. The van der Waals surface area contributed by atoms with Gasteiger partial charge >= 0.3 is 6.09 Å². The molecule has 0 saturated heterocycles. The highest BCUT2D eigenvalue weighted by atomic mass is 32.2. The van der Waals surface area contributed by atoms with Crippen molar-refractivity contribution in [3.8, 4) is 6.07 Å². The van der Waals surface area contributed by atoms with Crippen molar-refractivity contribution in [2.75, 3.05) is 18.6 Å². The lowest BCUT2D eigenvalue weighted by atomic mass is 9.96. The smallest absolute Gasteiger partial charge is 0.408 e. The van der Waals surface area contributed by atoms with Gasteiger partial charge in [0.2, 0.25) is 11.8 Å². The van der Waals surface area contributed by atoms with Gasteiger partial charge in [-0.25, -0.2) is 4.79 Å². The minimum absolute atomic E-state index is 0.0954. The third-order valence-electron chi connectivity index (χ3n) is 5.51. The van der Waals surface area contributed by atoms with Gasteiger partial charge in [0.15, 0.2) is 0 Å². The first-order valence-electron chi connectivity index (χ1n) is 12.4.